The Morgan fingerprint density at radius 1 is 0.325 bits per heavy atom. The molecule has 0 bridgehead atoms. The van der Waals surface area contributed by atoms with E-state index in [-0.39, 0.29) is 18.3 Å². The summed E-state index contributed by atoms with van der Waals surface area (Å²) in [5.41, 5.74) is 13.4. The summed E-state index contributed by atoms with van der Waals surface area (Å²) in [6.07, 6.45) is 0. The smallest absolute Gasteiger partial charge is 0.399 e. The second kappa shape index (κ2) is 18.2. The van der Waals surface area contributed by atoms with Crippen LogP contribution in [0.4, 0.5) is 0 Å². The number of hydrogen-bond acceptors (Lipinski definition) is 4. The molecule has 12 aromatic rings. The molecule has 8 heteroatoms. The third-order valence-electron chi connectivity index (χ3n) is 17.1. The van der Waals surface area contributed by atoms with Crippen molar-refractivity contribution in [3.8, 4) is 33.6 Å². The number of nitrogens with zero attached hydrogens (tertiary/aromatic N) is 2. The number of aryl methyl sites for hydroxylation is 1. The van der Waals surface area contributed by atoms with Gasteiger partial charge < -0.3 is 27.8 Å². The summed E-state index contributed by atoms with van der Waals surface area (Å²) in [5.74, 6) is 0. The molecule has 2 aromatic heterocycles. The lowest BCUT2D eigenvalue weighted by molar-refractivity contribution is 0.00578. The maximum atomic E-state index is 6.72. The molecule has 378 valence electrons. The minimum Gasteiger partial charge on any atom is -0.399 e. The van der Waals surface area contributed by atoms with Gasteiger partial charge in [0.05, 0.1) is 44.5 Å². The third-order valence-corrected chi connectivity index (χ3v) is 17.1. The van der Waals surface area contributed by atoms with E-state index in [1.54, 1.807) is 0 Å². The van der Waals surface area contributed by atoms with Crippen LogP contribution in [-0.2, 0) is 18.6 Å². The highest BCUT2D eigenvalue weighted by Crippen LogP contribution is 2.44. The number of fused-ring (bicyclic) bond motifs is 10. The molecule has 0 unspecified atom stereocenters. The van der Waals surface area contributed by atoms with Gasteiger partial charge in [-0.05, 0) is 172 Å². The number of benzene rings is 10. The van der Waals surface area contributed by atoms with Crippen LogP contribution < -0.4 is 10.9 Å². The van der Waals surface area contributed by atoms with Crippen LogP contribution in [0.2, 0.25) is 0 Å². The van der Waals surface area contributed by atoms with Crippen molar-refractivity contribution in [1.82, 2.24) is 9.13 Å². The van der Waals surface area contributed by atoms with Crippen LogP contribution in [0.3, 0.4) is 0 Å². The number of aromatic nitrogens is 2. The first kappa shape index (κ1) is 48.9. The Kier molecular flexibility index (Phi) is 11.6. The van der Waals surface area contributed by atoms with E-state index in [0.29, 0.717) is 0 Å². The van der Waals surface area contributed by atoms with Crippen molar-refractivity contribution in [1.29, 1.82) is 0 Å². The zero-order valence-corrected chi connectivity index (χ0v) is 45.4. The minimum atomic E-state index is -0.497. The third kappa shape index (κ3) is 8.20. The van der Waals surface area contributed by atoms with Crippen LogP contribution in [-0.4, -0.2) is 45.8 Å². The van der Waals surface area contributed by atoms with Gasteiger partial charge in [-0.1, -0.05) is 163 Å². The lowest BCUT2D eigenvalue weighted by atomic mass is 9.75. The van der Waals surface area contributed by atoms with Gasteiger partial charge in [0.25, 0.3) is 0 Å². The van der Waals surface area contributed by atoms with E-state index >= 15 is 0 Å². The fourth-order valence-corrected chi connectivity index (χ4v) is 11.5. The summed E-state index contributed by atoms with van der Waals surface area (Å²) in [6.45, 7) is 19.0. The molecule has 14 rings (SSSR count). The maximum absolute atomic E-state index is 6.72. The molecule has 77 heavy (non-hydrogen) atoms. The van der Waals surface area contributed by atoms with Crippen LogP contribution in [0.5, 0.6) is 0 Å². The monoisotopic (exact) mass is 1000 g/mol. The van der Waals surface area contributed by atoms with Crippen molar-refractivity contribution in [2.75, 3.05) is 0 Å². The largest absolute Gasteiger partial charge is 0.495 e. The van der Waals surface area contributed by atoms with Gasteiger partial charge in [0.2, 0.25) is 0 Å². The normalized spacial score (nSPS) is 16.5. The Bertz CT molecular complexity index is 4160. The minimum absolute atomic E-state index is 0.351. The Hall–Kier alpha value is -7.71. The number of para-hydroxylation sites is 1. The zero-order valence-electron chi connectivity index (χ0n) is 45.4. The fourth-order valence-electron chi connectivity index (χ4n) is 11.5. The molecule has 2 aliphatic rings. The van der Waals surface area contributed by atoms with Crippen LogP contribution >= 0.6 is 0 Å². The highest BCUT2D eigenvalue weighted by atomic mass is 16.7. The summed E-state index contributed by atoms with van der Waals surface area (Å²) in [6, 6.07) is 76.5. The van der Waals surface area contributed by atoms with E-state index in [1.807, 2.05) is 0 Å². The van der Waals surface area contributed by atoms with Gasteiger partial charge in [-0.15, -0.1) is 0 Å². The first-order valence-electron chi connectivity index (χ1n) is 27.0. The van der Waals surface area contributed by atoms with Crippen LogP contribution in [0.1, 0.15) is 61.0 Å². The molecule has 0 saturated carbocycles. The van der Waals surface area contributed by atoms with E-state index in [9.17, 15) is 0 Å². The summed E-state index contributed by atoms with van der Waals surface area (Å²) in [5, 5.41) is 9.81. The number of rotatable bonds is 6. The predicted octanol–water partition coefficient (Wildman–Crippen LogP) is 16.1. The van der Waals surface area contributed by atoms with Crippen molar-refractivity contribution < 1.29 is 18.6 Å². The van der Waals surface area contributed by atoms with E-state index in [1.165, 1.54) is 82.1 Å². The first-order valence-corrected chi connectivity index (χ1v) is 27.0. The second-order valence-electron chi connectivity index (χ2n) is 23.1. The van der Waals surface area contributed by atoms with Crippen LogP contribution in [0, 0.1) is 6.92 Å². The van der Waals surface area contributed by atoms with E-state index in [2.05, 4.69) is 284 Å². The van der Waals surface area contributed by atoms with Gasteiger partial charge in [-0.25, -0.2) is 0 Å². The van der Waals surface area contributed by atoms with E-state index < -0.39 is 18.3 Å². The molecule has 0 N–H and O–H groups in total. The van der Waals surface area contributed by atoms with Gasteiger partial charge in [-0.2, -0.15) is 0 Å². The summed E-state index contributed by atoms with van der Waals surface area (Å²) >= 11 is 0. The molecule has 2 fully saturated rings. The quantitative estimate of drug-likeness (QED) is 0.156. The Balaban J connectivity index is 0.000000166. The van der Waals surface area contributed by atoms with E-state index in [0.717, 1.165) is 33.2 Å². The molecular weight excluding hydrogens is 942 g/mol. The van der Waals surface area contributed by atoms with Crippen molar-refractivity contribution in [2.24, 2.45) is 0 Å². The van der Waals surface area contributed by atoms with Crippen molar-refractivity contribution in [3.63, 3.8) is 0 Å². The van der Waals surface area contributed by atoms with Crippen molar-refractivity contribution >= 4 is 90.3 Å². The van der Waals surface area contributed by atoms with Crippen LogP contribution in [0.25, 0.3) is 98.8 Å². The first-order chi connectivity index (χ1) is 37.1. The van der Waals surface area contributed by atoms with Crippen LogP contribution in [0.15, 0.2) is 212 Å². The topological polar surface area (TPSA) is 46.8 Å². The Labute approximate surface area is 452 Å². The zero-order chi connectivity index (χ0) is 53.0. The standard InChI is InChI=1S/C44H36BNO2.C25H26BNO2/c1-43(2)44(3,4)48-45(47-43)38-28-40-42(37-22-14-13-21-36(37)38)41-35-20-12-11-19-31(35)23-24-39(41)46(40)34-26-32(29-15-7-5-8-16-29)25-33(27-34)30-17-9-6-10-18-30;1-17-10-13-19(14-11-17)27-22-9-7-6-8-20(22)21-15-12-18(16-23(21)27)26-28-24(2,3)25(4,5)29-26/h5-28H,1-4H3;6-16H,1-5H3. The molecule has 0 atom stereocenters. The molecule has 0 aliphatic carbocycles. The van der Waals surface area contributed by atoms with Gasteiger partial charge in [0, 0.05) is 32.9 Å². The summed E-state index contributed by atoms with van der Waals surface area (Å²) in [4.78, 5) is 0. The average molecular weight is 1000 g/mol. The van der Waals surface area contributed by atoms with Gasteiger partial charge >= 0.3 is 14.2 Å². The predicted molar refractivity (Wildman–Crippen MR) is 324 cm³/mol. The molecule has 4 heterocycles. The Morgan fingerprint density at radius 3 is 1.44 bits per heavy atom. The average Bonchev–Trinajstić information content (AvgIpc) is 4.33. The molecular formula is C69H62B2N2O4. The van der Waals surface area contributed by atoms with Gasteiger partial charge in [0.15, 0.2) is 0 Å². The lowest BCUT2D eigenvalue weighted by Crippen LogP contribution is -2.41. The number of hydrogen-bond donors (Lipinski definition) is 0. The molecule has 2 saturated heterocycles. The van der Waals surface area contributed by atoms with Crippen molar-refractivity contribution in [3.05, 3.63) is 218 Å². The summed E-state index contributed by atoms with van der Waals surface area (Å²) in [7, 11) is -0.864. The highest BCUT2D eigenvalue weighted by Gasteiger charge is 2.53. The van der Waals surface area contributed by atoms with Gasteiger partial charge in [-0.3, -0.25) is 0 Å². The fraction of sp³-hybridized carbons (Fsp3) is 0.188. The molecule has 0 amide bonds. The lowest BCUT2D eigenvalue weighted by Gasteiger charge is -2.32. The SMILES string of the molecule is CC1(C)OB(c2cc3c(c4ccccc24)c2c4ccccc4ccc2n3-c2cc(-c3ccccc3)cc(-c3ccccc3)c2)OC1(C)C.Cc1ccc(-n2c3ccccc3c3ccc(B4OC(C)(C)C(C)(C)O4)cc32)cc1. The Morgan fingerprint density at radius 2 is 0.818 bits per heavy atom. The maximum Gasteiger partial charge on any atom is 0.495 e. The van der Waals surface area contributed by atoms with E-state index in [4.69, 9.17) is 18.6 Å². The second-order valence-corrected chi connectivity index (χ2v) is 23.1. The molecule has 0 radical (unpaired) electrons. The molecule has 2 aliphatic heterocycles. The highest BCUT2D eigenvalue weighted by molar-refractivity contribution is 6.66. The van der Waals surface area contributed by atoms with Gasteiger partial charge in [0.1, 0.15) is 0 Å². The molecule has 0 spiro atoms. The van der Waals surface area contributed by atoms with Crippen molar-refractivity contribution in [2.45, 2.75) is 84.7 Å². The molecule has 6 nitrogen and oxygen atoms in total. The molecule has 10 aromatic carbocycles. The summed E-state index contributed by atoms with van der Waals surface area (Å²) < 4.78 is 30.8.